The standard InChI is InChI=1S/C14H18ClFO2.ClH/c1-4-7-18-13(17)14(2,3)9-10-5-6-12(16)11(15)8-10;/h5-6,8H,4,7,9H2,1-3H3;1H. The first-order valence-corrected chi connectivity index (χ1v) is 6.36. The van der Waals surface area contributed by atoms with Gasteiger partial charge in [-0.3, -0.25) is 4.79 Å². The second-order valence-corrected chi connectivity index (χ2v) is 5.35. The summed E-state index contributed by atoms with van der Waals surface area (Å²) in [7, 11) is 0. The second-order valence-electron chi connectivity index (χ2n) is 4.95. The quantitative estimate of drug-likeness (QED) is 0.753. The average molecular weight is 309 g/mol. The normalized spacial score (nSPS) is 10.8. The van der Waals surface area contributed by atoms with Crippen molar-refractivity contribution < 1.29 is 13.9 Å². The Labute approximate surface area is 124 Å². The zero-order valence-corrected chi connectivity index (χ0v) is 12.9. The van der Waals surface area contributed by atoms with E-state index in [-0.39, 0.29) is 23.4 Å². The van der Waals surface area contributed by atoms with Crippen molar-refractivity contribution >= 4 is 30.0 Å². The van der Waals surface area contributed by atoms with Crippen LogP contribution in [0.4, 0.5) is 4.39 Å². The highest BCUT2D eigenvalue weighted by atomic mass is 35.5. The average Bonchev–Trinajstić information content (AvgIpc) is 2.30. The molecule has 0 unspecified atom stereocenters. The predicted molar refractivity (Wildman–Crippen MR) is 77.4 cm³/mol. The molecule has 0 aliphatic heterocycles. The summed E-state index contributed by atoms with van der Waals surface area (Å²) < 4.78 is 18.2. The van der Waals surface area contributed by atoms with Crippen LogP contribution in [0.25, 0.3) is 0 Å². The number of hydrogen-bond donors (Lipinski definition) is 0. The van der Waals surface area contributed by atoms with Gasteiger partial charge in [0.15, 0.2) is 0 Å². The Balaban J connectivity index is 0.00000324. The topological polar surface area (TPSA) is 26.3 Å². The van der Waals surface area contributed by atoms with Gasteiger partial charge in [-0.2, -0.15) is 0 Å². The molecule has 5 heteroatoms. The Morgan fingerprint density at radius 3 is 2.58 bits per heavy atom. The lowest BCUT2D eigenvalue weighted by Crippen LogP contribution is -2.29. The van der Waals surface area contributed by atoms with Crippen LogP contribution in [0.5, 0.6) is 0 Å². The number of halogens is 3. The Morgan fingerprint density at radius 1 is 1.42 bits per heavy atom. The zero-order valence-electron chi connectivity index (χ0n) is 11.3. The molecule has 0 aromatic heterocycles. The fourth-order valence-electron chi connectivity index (χ4n) is 1.62. The SMILES string of the molecule is CCCOC(=O)C(C)(C)Cc1ccc(F)c(Cl)c1.Cl. The molecule has 0 saturated heterocycles. The van der Waals surface area contributed by atoms with Crippen LogP contribution >= 0.6 is 24.0 Å². The van der Waals surface area contributed by atoms with Gasteiger partial charge in [0.05, 0.1) is 17.0 Å². The van der Waals surface area contributed by atoms with Crippen LogP contribution in [0.3, 0.4) is 0 Å². The van der Waals surface area contributed by atoms with E-state index in [1.165, 1.54) is 6.07 Å². The highest BCUT2D eigenvalue weighted by molar-refractivity contribution is 6.30. The van der Waals surface area contributed by atoms with Crippen molar-refractivity contribution in [3.8, 4) is 0 Å². The maximum absolute atomic E-state index is 13.0. The van der Waals surface area contributed by atoms with Crippen LogP contribution in [-0.2, 0) is 16.0 Å². The van der Waals surface area contributed by atoms with Gasteiger partial charge >= 0.3 is 5.97 Å². The largest absolute Gasteiger partial charge is 0.465 e. The molecule has 0 amide bonds. The van der Waals surface area contributed by atoms with Crippen molar-refractivity contribution in [2.24, 2.45) is 5.41 Å². The van der Waals surface area contributed by atoms with Crippen LogP contribution in [0, 0.1) is 11.2 Å². The van der Waals surface area contributed by atoms with Gasteiger partial charge in [-0.1, -0.05) is 24.6 Å². The number of rotatable bonds is 5. The van der Waals surface area contributed by atoms with Crippen molar-refractivity contribution in [3.05, 3.63) is 34.6 Å². The van der Waals surface area contributed by atoms with Crippen LogP contribution < -0.4 is 0 Å². The van der Waals surface area contributed by atoms with Gasteiger partial charge in [-0.05, 0) is 44.4 Å². The lowest BCUT2D eigenvalue weighted by molar-refractivity contribution is -0.153. The van der Waals surface area contributed by atoms with E-state index >= 15 is 0 Å². The minimum atomic E-state index is -0.643. The maximum atomic E-state index is 13.0. The Hall–Kier alpha value is -0.800. The van der Waals surface area contributed by atoms with Crippen LogP contribution in [0.2, 0.25) is 5.02 Å². The summed E-state index contributed by atoms with van der Waals surface area (Å²) in [4.78, 5) is 11.9. The van der Waals surface area contributed by atoms with Crippen molar-refractivity contribution in [2.45, 2.75) is 33.6 Å². The minimum Gasteiger partial charge on any atom is -0.465 e. The molecule has 0 aliphatic carbocycles. The van der Waals surface area contributed by atoms with Crippen LogP contribution in [0.15, 0.2) is 18.2 Å². The molecule has 1 aromatic carbocycles. The van der Waals surface area contributed by atoms with Gasteiger partial charge < -0.3 is 4.74 Å². The molecule has 1 rings (SSSR count). The summed E-state index contributed by atoms with van der Waals surface area (Å²) in [6.45, 7) is 5.98. The maximum Gasteiger partial charge on any atom is 0.311 e. The van der Waals surface area contributed by atoms with Crippen molar-refractivity contribution in [3.63, 3.8) is 0 Å². The molecule has 19 heavy (non-hydrogen) atoms. The summed E-state index contributed by atoms with van der Waals surface area (Å²) in [6.07, 6.45) is 1.26. The molecule has 0 bridgehead atoms. The van der Waals surface area contributed by atoms with Crippen molar-refractivity contribution in [1.82, 2.24) is 0 Å². The third-order valence-electron chi connectivity index (χ3n) is 2.62. The Bertz CT molecular complexity index is 433. The fraction of sp³-hybridized carbons (Fsp3) is 0.500. The molecule has 0 fully saturated rings. The molecule has 0 aliphatic rings. The Morgan fingerprint density at radius 2 is 2.05 bits per heavy atom. The third-order valence-corrected chi connectivity index (χ3v) is 2.91. The van der Waals surface area contributed by atoms with Crippen LogP contribution in [0.1, 0.15) is 32.8 Å². The number of esters is 1. The molecule has 0 heterocycles. The predicted octanol–water partition coefficient (Wildman–Crippen LogP) is 4.42. The lowest BCUT2D eigenvalue weighted by atomic mass is 9.86. The van der Waals surface area contributed by atoms with E-state index in [2.05, 4.69) is 0 Å². The summed E-state index contributed by atoms with van der Waals surface area (Å²) in [6, 6.07) is 4.49. The summed E-state index contributed by atoms with van der Waals surface area (Å²) in [5.41, 5.74) is 0.177. The van der Waals surface area contributed by atoms with E-state index in [9.17, 15) is 9.18 Å². The van der Waals surface area contributed by atoms with E-state index in [4.69, 9.17) is 16.3 Å². The summed E-state index contributed by atoms with van der Waals surface area (Å²) >= 11 is 5.71. The number of ether oxygens (including phenoxy) is 1. The summed E-state index contributed by atoms with van der Waals surface area (Å²) in [5.74, 6) is -0.698. The molecule has 0 saturated carbocycles. The van der Waals surface area contributed by atoms with Gasteiger partial charge in [-0.25, -0.2) is 4.39 Å². The highest BCUT2D eigenvalue weighted by Gasteiger charge is 2.29. The number of carbonyl (C=O) groups is 1. The molecule has 0 spiro atoms. The minimum absolute atomic E-state index is 0. The molecular weight excluding hydrogens is 290 g/mol. The molecule has 108 valence electrons. The molecular formula is C14H19Cl2FO2. The van der Waals surface area contributed by atoms with Crippen molar-refractivity contribution in [1.29, 1.82) is 0 Å². The van der Waals surface area contributed by atoms with E-state index in [1.807, 2.05) is 20.8 Å². The fourth-order valence-corrected chi connectivity index (χ4v) is 1.83. The van der Waals surface area contributed by atoms with E-state index in [0.29, 0.717) is 13.0 Å². The van der Waals surface area contributed by atoms with Gasteiger partial charge in [0.1, 0.15) is 5.82 Å². The number of carbonyl (C=O) groups excluding carboxylic acids is 1. The van der Waals surface area contributed by atoms with Crippen molar-refractivity contribution in [2.75, 3.05) is 6.61 Å². The smallest absolute Gasteiger partial charge is 0.311 e. The summed E-state index contributed by atoms with van der Waals surface area (Å²) in [5, 5.41) is 0.0743. The lowest BCUT2D eigenvalue weighted by Gasteiger charge is -2.22. The second kappa shape index (κ2) is 7.71. The highest BCUT2D eigenvalue weighted by Crippen LogP contribution is 2.26. The molecule has 0 atom stereocenters. The zero-order chi connectivity index (χ0) is 13.8. The Kier molecular flexibility index (Phi) is 7.38. The van der Waals surface area contributed by atoms with Gasteiger partial charge in [0.2, 0.25) is 0 Å². The first-order chi connectivity index (χ1) is 8.36. The molecule has 1 aromatic rings. The number of benzene rings is 1. The monoisotopic (exact) mass is 308 g/mol. The van der Waals surface area contributed by atoms with E-state index in [0.717, 1.165) is 12.0 Å². The molecule has 2 nitrogen and oxygen atoms in total. The first-order valence-electron chi connectivity index (χ1n) is 5.98. The first kappa shape index (κ1) is 18.2. The van der Waals surface area contributed by atoms with Gasteiger partial charge in [-0.15, -0.1) is 12.4 Å². The van der Waals surface area contributed by atoms with Gasteiger partial charge in [0, 0.05) is 0 Å². The van der Waals surface area contributed by atoms with E-state index in [1.54, 1.807) is 12.1 Å². The molecule has 0 radical (unpaired) electrons. The van der Waals surface area contributed by atoms with E-state index < -0.39 is 11.2 Å². The van der Waals surface area contributed by atoms with Gasteiger partial charge in [0.25, 0.3) is 0 Å². The van der Waals surface area contributed by atoms with Crippen LogP contribution in [-0.4, -0.2) is 12.6 Å². The molecule has 0 N–H and O–H groups in total. The number of hydrogen-bond acceptors (Lipinski definition) is 2. The third kappa shape index (κ3) is 5.37.